The van der Waals surface area contributed by atoms with Crippen LogP contribution in [-0.4, -0.2) is 18.3 Å². The molecule has 5 nitrogen and oxygen atoms in total. The number of methoxy groups -OCH3 is 1. The molecule has 2 heterocycles. The molecule has 0 amide bonds. The van der Waals surface area contributed by atoms with Gasteiger partial charge in [-0.15, -0.1) is 0 Å². The third-order valence-electron chi connectivity index (χ3n) is 6.84. The topological polar surface area (TPSA) is 52.8 Å². The summed E-state index contributed by atoms with van der Waals surface area (Å²) in [4.78, 5) is 19.7. The van der Waals surface area contributed by atoms with Gasteiger partial charge in [0.25, 0.3) is 5.56 Å². The van der Waals surface area contributed by atoms with Crippen LogP contribution in [-0.2, 0) is 6.42 Å². The van der Waals surface area contributed by atoms with Crippen LogP contribution in [0.15, 0.2) is 86.6 Å². The standard InChI is InChI=1S/C30H25BrN2O3S/c1-3-36-25-16-18(8-15-24(25)35-2)17-26-29(34)33-28(20-9-12-21(31)13-10-20)23-14-11-19-6-4-5-7-22(19)27(23)32-30(33)37-26/h4-10,12-13,15-17,28H,3,11,14H2,1-2H3. The number of allylic oxidation sites excluding steroid dienone is 1. The quantitative estimate of drug-likeness (QED) is 0.318. The minimum absolute atomic E-state index is 0.0316. The van der Waals surface area contributed by atoms with E-state index in [1.54, 1.807) is 7.11 Å². The smallest absolute Gasteiger partial charge is 0.271 e. The maximum absolute atomic E-state index is 13.9. The number of fused-ring (bicyclic) bond motifs is 3. The molecule has 1 aliphatic carbocycles. The molecule has 186 valence electrons. The molecule has 1 atom stereocenters. The zero-order valence-electron chi connectivity index (χ0n) is 20.5. The minimum atomic E-state index is -0.190. The minimum Gasteiger partial charge on any atom is -0.493 e. The summed E-state index contributed by atoms with van der Waals surface area (Å²) in [7, 11) is 1.62. The Morgan fingerprint density at radius 1 is 1.08 bits per heavy atom. The number of thiazole rings is 1. The van der Waals surface area contributed by atoms with E-state index < -0.39 is 0 Å². The second-order valence-electron chi connectivity index (χ2n) is 9.01. The monoisotopic (exact) mass is 572 g/mol. The van der Waals surface area contributed by atoms with Crippen LogP contribution in [0.4, 0.5) is 0 Å². The molecule has 0 radical (unpaired) electrons. The molecule has 7 heteroatoms. The molecule has 3 aromatic carbocycles. The summed E-state index contributed by atoms with van der Waals surface area (Å²) in [6.07, 6.45) is 3.73. The van der Waals surface area contributed by atoms with Crippen LogP contribution >= 0.6 is 27.3 Å². The van der Waals surface area contributed by atoms with Crippen molar-refractivity contribution >= 4 is 39.0 Å². The van der Waals surface area contributed by atoms with Gasteiger partial charge in [-0.05, 0) is 72.4 Å². The van der Waals surface area contributed by atoms with Gasteiger partial charge in [0.15, 0.2) is 16.3 Å². The number of aromatic nitrogens is 1. The Morgan fingerprint density at radius 2 is 1.89 bits per heavy atom. The average Bonchev–Trinajstić information content (AvgIpc) is 3.22. The molecule has 0 N–H and O–H groups in total. The van der Waals surface area contributed by atoms with Crippen molar-refractivity contribution in [3.05, 3.63) is 119 Å². The third kappa shape index (κ3) is 4.26. The average molecular weight is 574 g/mol. The van der Waals surface area contributed by atoms with Crippen molar-refractivity contribution in [2.24, 2.45) is 4.99 Å². The lowest BCUT2D eigenvalue weighted by atomic mass is 9.83. The summed E-state index contributed by atoms with van der Waals surface area (Å²) >= 11 is 4.98. The number of hydrogen-bond donors (Lipinski definition) is 0. The maximum Gasteiger partial charge on any atom is 0.271 e. The van der Waals surface area contributed by atoms with Crippen LogP contribution in [0.25, 0.3) is 11.8 Å². The summed E-state index contributed by atoms with van der Waals surface area (Å²) in [6, 6.07) is 22.3. The van der Waals surface area contributed by atoms with Gasteiger partial charge in [0, 0.05) is 10.0 Å². The highest BCUT2D eigenvalue weighted by Gasteiger charge is 2.32. The predicted octanol–water partition coefficient (Wildman–Crippen LogP) is 5.49. The molecule has 37 heavy (non-hydrogen) atoms. The fourth-order valence-corrected chi connectivity index (χ4v) is 6.44. The van der Waals surface area contributed by atoms with Gasteiger partial charge in [0.1, 0.15) is 0 Å². The van der Waals surface area contributed by atoms with Gasteiger partial charge >= 0.3 is 0 Å². The summed E-state index contributed by atoms with van der Waals surface area (Å²) < 4.78 is 14.7. The number of hydrogen-bond acceptors (Lipinski definition) is 5. The number of benzene rings is 3. The van der Waals surface area contributed by atoms with Crippen LogP contribution in [0.5, 0.6) is 11.5 Å². The molecule has 1 unspecified atom stereocenters. The molecule has 0 bridgehead atoms. The van der Waals surface area contributed by atoms with Gasteiger partial charge in [0.2, 0.25) is 0 Å². The molecule has 4 aromatic rings. The Hall–Kier alpha value is -3.42. The lowest BCUT2D eigenvalue weighted by molar-refractivity contribution is 0.311. The first-order valence-corrected chi connectivity index (χ1v) is 13.9. The zero-order chi connectivity index (χ0) is 25.5. The third-order valence-corrected chi connectivity index (χ3v) is 8.36. The first kappa shape index (κ1) is 23.9. The van der Waals surface area contributed by atoms with Crippen molar-refractivity contribution in [3.8, 4) is 11.5 Å². The van der Waals surface area contributed by atoms with Crippen molar-refractivity contribution in [1.29, 1.82) is 0 Å². The predicted molar refractivity (Wildman–Crippen MR) is 151 cm³/mol. The molecule has 1 aliphatic heterocycles. The fraction of sp³-hybridized carbons (Fsp3) is 0.200. The zero-order valence-corrected chi connectivity index (χ0v) is 22.9. The van der Waals surface area contributed by atoms with E-state index in [2.05, 4.69) is 52.3 Å². The highest BCUT2D eigenvalue weighted by atomic mass is 79.9. The molecule has 1 aromatic heterocycles. The maximum atomic E-state index is 13.9. The van der Waals surface area contributed by atoms with E-state index in [0.29, 0.717) is 22.6 Å². The van der Waals surface area contributed by atoms with Crippen LogP contribution in [0.3, 0.4) is 0 Å². The molecule has 0 spiro atoms. The summed E-state index contributed by atoms with van der Waals surface area (Å²) in [5.74, 6) is 1.33. The van der Waals surface area contributed by atoms with E-state index in [1.165, 1.54) is 28.0 Å². The fourth-order valence-electron chi connectivity index (χ4n) is 5.17. The van der Waals surface area contributed by atoms with Crippen molar-refractivity contribution in [2.75, 3.05) is 13.7 Å². The van der Waals surface area contributed by atoms with E-state index in [1.807, 2.05) is 47.9 Å². The first-order valence-electron chi connectivity index (χ1n) is 12.3. The van der Waals surface area contributed by atoms with Gasteiger partial charge < -0.3 is 9.47 Å². The van der Waals surface area contributed by atoms with Crippen molar-refractivity contribution in [1.82, 2.24) is 4.57 Å². The van der Waals surface area contributed by atoms with Crippen LogP contribution in [0, 0.1) is 0 Å². The van der Waals surface area contributed by atoms with Crippen molar-refractivity contribution < 1.29 is 9.47 Å². The Balaban J connectivity index is 1.56. The number of ether oxygens (including phenoxy) is 2. The number of rotatable bonds is 5. The number of halogens is 1. The summed E-state index contributed by atoms with van der Waals surface area (Å²) in [5.41, 5.74) is 6.61. The lowest BCUT2D eigenvalue weighted by Crippen LogP contribution is -2.38. The Morgan fingerprint density at radius 3 is 2.68 bits per heavy atom. The molecular weight excluding hydrogens is 548 g/mol. The van der Waals surface area contributed by atoms with E-state index in [0.717, 1.165) is 38.9 Å². The van der Waals surface area contributed by atoms with Crippen molar-refractivity contribution in [3.63, 3.8) is 0 Å². The normalized spacial score (nSPS) is 16.5. The summed E-state index contributed by atoms with van der Waals surface area (Å²) in [6.45, 7) is 2.47. The van der Waals surface area contributed by atoms with Gasteiger partial charge in [0.05, 0.1) is 30.0 Å². The van der Waals surface area contributed by atoms with Crippen LogP contribution in [0.1, 0.15) is 41.6 Å². The van der Waals surface area contributed by atoms with Gasteiger partial charge in [-0.3, -0.25) is 9.36 Å². The molecule has 6 rings (SSSR count). The largest absolute Gasteiger partial charge is 0.493 e. The van der Waals surface area contributed by atoms with Gasteiger partial charge in [-0.2, -0.15) is 0 Å². The highest BCUT2D eigenvalue weighted by Crippen LogP contribution is 2.41. The Labute approximate surface area is 227 Å². The molecule has 0 saturated carbocycles. The second kappa shape index (κ2) is 9.80. The molecular formula is C30H25BrN2O3S. The van der Waals surface area contributed by atoms with E-state index >= 15 is 0 Å². The van der Waals surface area contributed by atoms with Crippen LogP contribution in [0.2, 0.25) is 0 Å². The van der Waals surface area contributed by atoms with Crippen molar-refractivity contribution in [2.45, 2.75) is 25.8 Å². The molecule has 0 saturated heterocycles. The SMILES string of the molecule is CCOc1cc(C=c2sc3n(c2=O)C(c2ccc(Br)cc2)C2=C(N=3)c3ccccc3CC2)ccc1OC. The molecule has 2 aliphatic rings. The molecule has 0 fully saturated rings. The van der Waals surface area contributed by atoms with E-state index in [9.17, 15) is 4.79 Å². The highest BCUT2D eigenvalue weighted by molar-refractivity contribution is 9.10. The Kier molecular flexibility index (Phi) is 6.34. The lowest BCUT2D eigenvalue weighted by Gasteiger charge is -2.30. The van der Waals surface area contributed by atoms with E-state index in [-0.39, 0.29) is 11.6 Å². The summed E-state index contributed by atoms with van der Waals surface area (Å²) in [5, 5.41) is 0. The Bertz CT molecular complexity index is 1720. The number of aryl methyl sites for hydroxylation is 1. The van der Waals surface area contributed by atoms with Gasteiger partial charge in [-0.25, -0.2) is 4.99 Å². The number of nitrogens with zero attached hydrogens (tertiary/aromatic N) is 2. The second-order valence-corrected chi connectivity index (χ2v) is 10.9. The first-order chi connectivity index (χ1) is 18.1. The van der Waals surface area contributed by atoms with E-state index in [4.69, 9.17) is 14.5 Å². The van der Waals surface area contributed by atoms with Crippen LogP contribution < -0.4 is 24.4 Å². The van der Waals surface area contributed by atoms with Gasteiger partial charge in [-0.1, -0.05) is 69.7 Å².